The first-order valence-electron chi connectivity index (χ1n) is 11.7. The van der Waals surface area contributed by atoms with Crippen molar-refractivity contribution in [3.63, 3.8) is 0 Å². The molecule has 0 aliphatic rings. The van der Waals surface area contributed by atoms with Gasteiger partial charge in [-0.3, -0.25) is 0 Å². The average molecular weight is 489 g/mol. The van der Waals surface area contributed by atoms with Gasteiger partial charge in [0.1, 0.15) is 0 Å². The molecule has 0 unspecified atom stereocenters. The Labute approximate surface area is 207 Å². The fraction of sp³-hybridized carbons (Fsp3) is 0.276. The van der Waals surface area contributed by atoms with Crippen LogP contribution in [0.3, 0.4) is 0 Å². The van der Waals surface area contributed by atoms with Crippen molar-refractivity contribution in [3.05, 3.63) is 94.9 Å². The van der Waals surface area contributed by atoms with E-state index in [1.807, 2.05) is 19.1 Å². The summed E-state index contributed by atoms with van der Waals surface area (Å²) in [7, 11) is -2.69. The van der Waals surface area contributed by atoms with E-state index in [-0.39, 0.29) is 11.0 Å². The highest BCUT2D eigenvalue weighted by atomic mass is 32.1. The van der Waals surface area contributed by atoms with E-state index in [1.165, 1.54) is 21.3 Å². The molecule has 4 rings (SSSR count). The lowest BCUT2D eigenvalue weighted by Gasteiger charge is -2.43. The summed E-state index contributed by atoms with van der Waals surface area (Å²) in [5.41, 5.74) is 2.82. The molecule has 3 aromatic carbocycles. The number of thiophene rings is 1. The molecule has 0 amide bonds. The smallest absolute Gasteiger partial charge is 0.338 e. The molecule has 4 aromatic rings. The minimum Gasteiger partial charge on any atom is -0.462 e. The molecule has 0 N–H and O–H groups in total. The fourth-order valence-corrected chi connectivity index (χ4v) is 10.4. The molecule has 0 saturated heterocycles. The molecule has 0 bridgehead atoms. The Hall–Kier alpha value is -2.73. The first-order chi connectivity index (χ1) is 16.3. The Morgan fingerprint density at radius 2 is 1.53 bits per heavy atom. The summed E-state index contributed by atoms with van der Waals surface area (Å²) >= 11 is 1.66. The first kappa shape index (κ1) is 24.4. The number of carbonyl (C=O) groups is 1. The number of benzene rings is 3. The second-order valence-electron chi connectivity index (χ2n) is 9.60. The van der Waals surface area contributed by atoms with Crippen molar-refractivity contribution >= 4 is 46.1 Å². The Kier molecular flexibility index (Phi) is 7.08. The van der Waals surface area contributed by atoms with Crippen LogP contribution in [0.25, 0.3) is 10.1 Å². The Morgan fingerprint density at radius 1 is 0.941 bits per heavy atom. The van der Waals surface area contributed by atoms with E-state index in [0.29, 0.717) is 18.8 Å². The first-order valence-corrected chi connectivity index (χ1v) is 14.5. The molecular weight excluding hydrogens is 456 g/mol. The number of hydrogen-bond donors (Lipinski definition) is 0. The zero-order valence-electron chi connectivity index (χ0n) is 20.6. The minimum atomic E-state index is -2.69. The van der Waals surface area contributed by atoms with Gasteiger partial charge in [0.15, 0.2) is 0 Å². The van der Waals surface area contributed by atoms with Gasteiger partial charge in [-0.2, -0.15) is 0 Å². The van der Waals surface area contributed by atoms with Crippen LogP contribution in [0.1, 0.15) is 49.2 Å². The minimum absolute atomic E-state index is 0.114. The summed E-state index contributed by atoms with van der Waals surface area (Å²) in [6, 6.07) is 25.2. The van der Waals surface area contributed by atoms with Crippen molar-refractivity contribution in [1.29, 1.82) is 0 Å². The van der Waals surface area contributed by atoms with Crippen molar-refractivity contribution in [1.82, 2.24) is 0 Å². The molecule has 0 aliphatic carbocycles. The van der Waals surface area contributed by atoms with Crippen molar-refractivity contribution in [2.24, 2.45) is 0 Å². The van der Waals surface area contributed by atoms with Crippen molar-refractivity contribution in [2.45, 2.75) is 46.3 Å². The largest absolute Gasteiger partial charge is 0.462 e. The van der Waals surface area contributed by atoms with Crippen LogP contribution in [0.2, 0.25) is 5.04 Å². The molecule has 1 heterocycles. The predicted octanol–water partition coefficient (Wildman–Crippen LogP) is 6.46. The monoisotopic (exact) mass is 488 g/mol. The Bertz CT molecular complexity index is 1230. The van der Waals surface area contributed by atoms with E-state index >= 15 is 0 Å². The Balaban J connectivity index is 1.86. The molecule has 5 heteroatoms. The molecule has 0 atom stereocenters. The molecule has 0 radical (unpaired) electrons. The average Bonchev–Trinajstić information content (AvgIpc) is 3.21. The molecule has 0 aliphatic heterocycles. The standard InChI is InChI=1S/C29H32O3SSi/c1-6-31-28(30)22-17-23(27-21(2)20-33-26(27)18-22)19-32-34(29(3,4)5,24-13-9-7-10-14-24)25-15-11-8-12-16-25/h7-18,20H,6,19H2,1-5H3. The number of ether oxygens (including phenoxy) is 1. The van der Waals surface area contributed by atoms with Gasteiger partial charge in [0.05, 0.1) is 18.8 Å². The van der Waals surface area contributed by atoms with Gasteiger partial charge in [-0.25, -0.2) is 4.79 Å². The number of carbonyl (C=O) groups excluding carboxylic acids is 1. The van der Waals surface area contributed by atoms with Gasteiger partial charge in [-0.1, -0.05) is 81.4 Å². The van der Waals surface area contributed by atoms with Gasteiger partial charge in [-0.05, 0) is 57.9 Å². The zero-order valence-corrected chi connectivity index (χ0v) is 22.4. The van der Waals surface area contributed by atoms with Crippen LogP contribution >= 0.6 is 11.3 Å². The molecule has 3 nitrogen and oxygen atoms in total. The molecular formula is C29H32O3SSi. The topological polar surface area (TPSA) is 35.5 Å². The van der Waals surface area contributed by atoms with Crippen LogP contribution in [0.15, 0.2) is 78.2 Å². The van der Waals surface area contributed by atoms with Crippen LogP contribution in [-0.2, 0) is 15.8 Å². The van der Waals surface area contributed by atoms with E-state index in [2.05, 4.69) is 93.7 Å². The molecule has 176 valence electrons. The van der Waals surface area contributed by atoms with Gasteiger partial charge in [0.25, 0.3) is 8.32 Å². The zero-order chi connectivity index (χ0) is 24.3. The van der Waals surface area contributed by atoms with Crippen LogP contribution in [0, 0.1) is 6.92 Å². The number of rotatable bonds is 7. The van der Waals surface area contributed by atoms with E-state index in [4.69, 9.17) is 9.16 Å². The van der Waals surface area contributed by atoms with Gasteiger partial charge in [-0.15, -0.1) is 11.3 Å². The van der Waals surface area contributed by atoms with E-state index in [0.717, 1.165) is 10.3 Å². The third kappa shape index (κ3) is 4.48. The quantitative estimate of drug-likeness (QED) is 0.221. The van der Waals surface area contributed by atoms with Crippen molar-refractivity contribution < 1.29 is 14.0 Å². The summed E-state index contributed by atoms with van der Waals surface area (Å²) in [6.45, 7) is 11.6. The fourth-order valence-electron chi connectivity index (χ4n) is 4.82. The molecule has 1 aromatic heterocycles. The maximum absolute atomic E-state index is 12.6. The van der Waals surface area contributed by atoms with Crippen LogP contribution in [-0.4, -0.2) is 20.9 Å². The number of esters is 1. The lowest BCUT2D eigenvalue weighted by molar-refractivity contribution is 0.0526. The molecule has 0 saturated carbocycles. The highest BCUT2D eigenvalue weighted by Gasteiger charge is 2.50. The van der Waals surface area contributed by atoms with Gasteiger partial charge in [0.2, 0.25) is 0 Å². The lowest BCUT2D eigenvalue weighted by atomic mass is 10.0. The summed E-state index contributed by atoms with van der Waals surface area (Å²) in [6.07, 6.45) is 0. The van der Waals surface area contributed by atoms with E-state index in [9.17, 15) is 4.79 Å². The lowest BCUT2D eigenvalue weighted by Crippen LogP contribution is -2.66. The highest BCUT2D eigenvalue weighted by Crippen LogP contribution is 2.38. The summed E-state index contributed by atoms with van der Waals surface area (Å²) < 4.78 is 13.6. The number of fused-ring (bicyclic) bond motifs is 1. The molecule has 0 fully saturated rings. The molecule has 0 spiro atoms. The van der Waals surface area contributed by atoms with Crippen molar-refractivity contribution in [3.8, 4) is 0 Å². The molecule has 34 heavy (non-hydrogen) atoms. The Morgan fingerprint density at radius 3 is 2.06 bits per heavy atom. The van der Waals surface area contributed by atoms with E-state index in [1.54, 1.807) is 11.3 Å². The van der Waals surface area contributed by atoms with Gasteiger partial charge < -0.3 is 9.16 Å². The normalized spacial score (nSPS) is 12.1. The number of aryl methyl sites for hydroxylation is 1. The van der Waals surface area contributed by atoms with Crippen molar-refractivity contribution in [2.75, 3.05) is 6.61 Å². The summed E-state index contributed by atoms with van der Waals surface area (Å²) in [5.74, 6) is -0.290. The van der Waals surface area contributed by atoms with Crippen LogP contribution in [0.5, 0.6) is 0 Å². The third-order valence-corrected chi connectivity index (χ3v) is 12.3. The van der Waals surface area contributed by atoms with Gasteiger partial charge >= 0.3 is 5.97 Å². The maximum Gasteiger partial charge on any atom is 0.338 e. The van der Waals surface area contributed by atoms with Crippen LogP contribution < -0.4 is 10.4 Å². The van der Waals surface area contributed by atoms with Crippen LogP contribution in [0.4, 0.5) is 0 Å². The highest BCUT2D eigenvalue weighted by molar-refractivity contribution is 7.17. The second-order valence-corrected chi connectivity index (χ2v) is 14.8. The number of hydrogen-bond acceptors (Lipinski definition) is 4. The second kappa shape index (κ2) is 9.86. The predicted molar refractivity (Wildman–Crippen MR) is 145 cm³/mol. The summed E-state index contributed by atoms with van der Waals surface area (Å²) in [5, 5.41) is 5.70. The maximum atomic E-state index is 12.6. The third-order valence-electron chi connectivity index (χ3n) is 6.31. The SMILES string of the molecule is CCOC(=O)c1cc(CO[Si](c2ccccc2)(c2ccccc2)C(C)(C)C)c2c(C)csc2c1. The summed E-state index contributed by atoms with van der Waals surface area (Å²) in [4.78, 5) is 12.6. The van der Waals surface area contributed by atoms with E-state index < -0.39 is 8.32 Å². The van der Waals surface area contributed by atoms with Gasteiger partial charge in [0, 0.05) is 10.1 Å².